The molecule has 2 nitrogen and oxygen atoms in total. The monoisotopic (exact) mass is 225 g/mol. The summed E-state index contributed by atoms with van der Waals surface area (Å²) in [6, 6.07) is 1.50. The number of halogens is 4. The minimum Gasteiger partial charge on any atom is -0.410 e. The van der Waals surface area contributed by atoms with Gasteiger partial charge in [0.15, 0.2) is 5.17 Å². The summed E-state index contributed by atoms with van der Waals surface area (Å²) in [7, 11) is 0. The van der Waals surface area contributed by atoms with E-state index in [1.165, 1.54) is 0 Å². The summed E-state index contributed by atoms with van der Waals surface area (Å²) in [5, 5.41) is 9.84. The molecule has 0 radical (unpaired) electrons. The van der Waals surface area contributed by atoms with E-state index in [0.29, 0.717) is 0 Å². The molecule has 0 aromatic heterocycles. The average molecular weight is 226 g/mol. The van der Waals surface area contributed by atoms with Gasteiger partial charge in [0.05, 0.1) is 10.6 Å². The maximum absolute atomic E-state index is 12.9. The first-order chi connectivity index (χ1) is 6.06. The Labute approximate surface area is 82.4 Å². The second-order valence-corrected chi connectivity index (χ2v) is 2.90. The van der Waals surface area contributed by atoms with E-state index in [0.717, 1.165) is 12.1 Å². The minimum atomic E-state index is -0.853. The third-order valence-electron chi connectivity index (χ3n) is 1.32. The lowest BCUT2D eigenvalue weighted by molar-refractivity contribution is 0.320. The van der Waals surface area contributed by atoms with E-state index in [2.05, 4.69) is 5.16 Å². The van der Waals surface area contributed by atoms with Crippen LogP contribution in [0.15, 0.2) is 17.3 Å². The van der Waals surface area contributed by atoms with Crippen molar-refractivity contribution in [2.75, 3.05) is 0 Å². The molecule has 70 valence electrons. The van der Waals surface area contributed by atoms with Crippen molar-refractivity contribution in [3.8, 4) is 0 Å². The van der Waals surface area contributed by atoms with Gasteiger partial charge in [0.2, 0.25) is 0 Å². The summed E-state index contributed by atoms with van der Waals surface area (Å²) in [5.74, 6) is -1.69. The van der Waals surface area contributed by atoms with Crippen molar-refractivity contribution in [2.24, 2.45) is 5.16 Å². The second kappa shape index (κ2) is 3.89. The van der Waals surface area contributed by atoms with Crippen LogP contribution in [0, 0.1) is 11.6 Å². The van der Waals surface area contributed by atoms with Gasteiger partial charge in [-0.2, -0.15) is 0 Å². The molecular weight excluding hydrogens is 223 g/mol. The molecule has 0 heterocycles. The molecule has 0 spiro atoms. The van der Waals surface area contributed by atoms with Gasteiger partial charge in [0, 0.05) is 0 Å². The fourth-order valence-corrected chi connectivity index (χ4v) is 1.03. The highest BCUT2D eigenvalue weighted by atomic mass is 35.5. The molecular formula is C7H3Cl2F2NO. The quantitative estimate of drug-likeness (QED) is 0.339. The van der Waals surface area contributed by atoms with E-state index in [4.69, 9.17) is 28.4 Å². The van der Waals surface area contributed by atoms with Gasteiger partial charge < -0.3 is 5.21 Å². The SMILES string of the molecule is ON=C(Cl)c1cc(F)c(Cl)cc1F. The highest BCUT2D eigenvalue weighted by Crippen LogP contribution is 2.20. The van der Waals surface area contributed by atoms with E-state index >= 15 is 0 Å². The summed E-state index contributed by atoms with van der Waals surface area (Å²) in [4.78, 5) is 0. The van der Waals surface area contributed by atoms with Gasteiger partial charge in [0.1, 0.15) is 11.6 Å². The highest BCUT2D eigenvalue weighted by Gasteiger charge is 2.12. The standard InChI is InChI=1S/C7H3Cl2F2NO/c8-4-2-5(10)3(1-6(4)11)7(9)12-13/h1-2,13H. The largest absolute Gasteiger partial charge is 0.410 e. The van der Waals surface area contributed by atoms with Gasteiger partial charge >= 0.3 is 0 Å². The van der Waals surface area contributed by atoms with Crippen molar-refractivity contribution in [1.82, 2.24) is 0 Å². The van der Waals surface area contributed by atoms with E-state index < -0.39 is 16.8 Å². The maximum Gasteiger partial charge on any atom is 0.178 e. The maximum atomic E-state index is 12.9. The van der Waals surface area contributed by atoms with Crippen LogP contribution in [0.3, 0.4) is 0 Å². The minimum absolute atomic E-state index is 0.342. The number of rotatable bonds is 1. The second-order valence-electron chi connectivity index (χ2n) is 2.14. The Morgan fingerprint density at radius 3 is 2.46 bits per heavy atom. The molecule has 1 rings (SSSR count). The van der Waals surface area contributed by atoms with Crippen molar-refractivity contribution in [3.63, 3.8) is 0 Å². The van der Waals surface area contributed by atoms with Crippen LogP contribution in [0.1, 0.15) is 5.56 Å². The first kappa shape index (κ1) is 10.2. The van der Waals surface area contributed by atoms with Crippen LogP contribution in [0.4, 0.5) is 8.78 Å². The molecule has 0 amide bonds. The van der Waals surface area contributed by atoms with Crippen molar-refractivity contribution >= 4 is 28.4 Å². The first-order valence-corrected chi connectivity index (χ1v) is 3.84. The molecule has 0 saturated heterocycles. The van der Waals surface area contributed by atoms with Gasteiger partial charge in [-0.15, -0.1) is 0 Å². The first-order valence-electron chi connectivity index (χ1n) is 3.08. The average Bonchev–Trinajstić information content (AvgIpc) is 2.10. The van der Waals surface area contributed by atoms with Crippen LogP contribution in [0.2, 0.25) is 5.02 Å². The van der Waals surface area contributed by atoms with Crippen LogP contribution in [-0.4, -0.2) is 10.4 Å². The van der Waals surface area contributed by atoms with Crippen LogP contribution in [0.5, 0.6) is 0 Å². The van der Waals surface area contributed by atoms with Crippen molar-refractivity contribution < 1.29 is 14.0 Å². The molecule has 13 heavy (non-hydrogen) atoms. The Bertz CT molecular complexity index is 368. The van der Waals surface area contributed by atoms with E-state index in [9.17, 15) is 8.78 Å². The molecule has 0 aliphatic carbocycles. The number of hydrogen-bond donors (Lipinski definition) is 1. The fourth-order valence-electron chi connectivity index (χ4n) is 0.735. The zero-order chi connectivity index (χ0) is 10.0. The zero-order valence-corrected chi connectivity index (χ0v) is 7.57. The number of nitrogens with zero attached hydrogens (tertiary/aromatic N) is 1. The van der Waals surface area contributed by atoms with Gasteiger partial charge in [-0.05, 0) is 12.1 Å². The van der Waals surface area contributed by atoms with Gasteiger partial charge in [-0.1, -0.05) is 28.4 Å². The lowest BCUT2D eigenvalue weighted by Gasteiger charge is -2.00. The van der Waals surface area contributed by atoms with E-state index in [-0.39, 0.29) is 10.6 Å². The molecule has 0 fully saturated rings. The third kappa shape index (κ3) is 2.08. The van der Waals surface area contributed by atoms with Crippen LogP contribution < -0.4 is 0 Å². The predicted octanol–water partition coefficient (Wildman–Crippen LogP) is 2.99. The fraction of sp³-hybridized carbons (Fsp3) is 0. The molecule has 0 atom stereocenters. The van der Waals surface area contributed by atoms with Crippen molar-refractivity contribution in [2.45, 2.75) is 0 Å². The van der Waals surface area contributed by atoms with Crippen LogP contribution in [-0.2, 0) is 0 Å². The smallest absolute Gasteiger partial charge is 0.178 e. The summed E-state index contributed by atoms with van der Waals surface area (Å²) >= 11 is 10.5. The molecule has 0 aliphatic rings. The van der Waals surface area contributed by atoms with Crippen LogP contribution >= 0.6 is 23.2 Å². The normalized spacial score (nSPS) is 11.8. The summed E-state index contributed by atoms with van der Waals surface area (Å²) < 4.78 is 25.7. The van der Waals surface area contributed by atoms with Crippen LogP contribution in [0.25, 0.3) is 0 Å². The highest BCUT2D eigenvalue weighted by molar-refractivity contribution is 6.69. The van der Waals surface area contributed by atoms with Crippen molar-refractivity contribution in [3.05, 3.63) is 34.4 Å². The Morgan fingerprint density at radius 1 is 1.31 bits per heavy atom. The lowest BCUT2D eigenvalue weighted by atomic mass is 10.2. The Kier molecular flexibility index (Phi) is 3.06. The molecule has 1 aromatic carbocycles. The van der Waals surface area contributed by atoms with Gasteiger partial charge in [-0.25, -0.2) is 8.78 Å². The zero-order valence-electron chi connectivity index (χ0n) is 6.06. The predicted molar refractivity (Wildman–Crippen MR) is 45.5 cm³/mol. The molecule has 1 N–H and O–H groups in total. The molecule has 0 unspecified atom stereocenters. The molecule has 0 bridgehead atoms. The Morgan fingerprint density at radius 2 is 1.92 bits per heavy atom. The topological polar surface area (TPSA) is 32.6 Å². The summed E-state index contributed by atoms with van der Waals surface area (Å²) in [6.07, 6.45) is 0. The number of benzene rings is 1. The number of hydrogen-bond acceptors (Lipinski definition) is 2. The van der Waals surface area contributed by atoms with Gasteiger partial charge in [-0.3, -0.25) is 0 Å². The third-order valence-corrected chi connectivity index (χ3v) is 1.89. The molecule has 1 aromatic rings. The molecule has 0 saturated carbocycles. The van der Waals surface area contributed by atoms with Crippen molar-refractivity contribution in [1.29, 1.82) is 0 Å². The summed E-state index contributed by atoms with van der Waals surface area (Å²) in [5.41, 5.74) is -0.342. The molecule has 0 aliphatic heterocycles. The van der Waals surface area contributed by atoms with E-state index in [1.54, 1.807) is 0 Å². The summed E-state index contributed by atoms with van der Waals surface area (Å²) in [6.45, 7) is 0. The number of oxime groups is 1. The Hall–Kier alpha value is -0.870. The van der Waals surface area contributed by atoms with E-state index in [1.807, 2.05) is 0 Å². The lowest BCUT2D eigenvalue weighted by Crippen LogP contribution is -1.97. The molecule has 6 heteroatoms. The van der Waals surface area contributed by atoms with Gasteiger partial charge in [0.25, 0.3) is 0 Å². The Balaban J connectivity index is 3.32.